The van der Waals surface area contributed by atoms with Crippen molar-refractivity contribution < 1.29 is 4.79 Å². The second kappa shape index (κ2) is 6.86. The lowest BCUT2D eigenvalue weighted by Crippen LogP contribution is -2.26. The Balaban J connectivity index is 1.97. The molecule has 0 bridgehead atoms. The first-order valence-electron chi connectivity index (χ1n) is 6.79. The fraction of sp³-hybridized carbons (Fsp3) is 0.333. The highest BCUT2D eigenvalue weighted by atomic mass is 16.1. The summed E-state index contributed by atoms with van der Waals surface area (Å²) in [5.74, 6) is -0.0458. The van der Waals surface area contributed by atoms with Crippen molar-refractivity contribution in [2.75, 3.05) is 5.32 Å². The van der Waals surface area contributed by atoms with Gasteiger partial charge >= 0.3 is 0 Å². The average Bonchev–Trinajstić information content (AvgIpc) is 2.91. The van der Waals surface area contributed by atoms with Gasteiger partial charge in [0, 0.05) is 30.5 Å². The largest absolute Gasteiger partial charge is 0.327 e. The maximum Gasteiger partial charge on any atom is 0.225 e. The van der Waals surface area contributed by atoms with Gasteiger partial charge < -0.3 is 11.1 Å². The molecule has 106 valence electrons. The number of hydrogen-bond acceptors (Lipinski definition) is 3. The summed E-state index contributed by atoms with van der Waals surface area (Å²) in [6, 6.07) is 9.57. The molecule has 20 heavy (non-hydrogen) atoms. The van der Waals surface area contributed by atoms with Gasteiger partial charge in [0.25, 0.3) is 0 Å². The molecule has 1 amide bonds. The summed E-state index contributed by atoms with van der Waals surface area (Å²) in [5, 5.41) is 7.04. The molecule has 5 nitrogen and oxygen atoms in total. The van der Waals surface area contributed by atoms with Crippen LogP contribution >= 0.6 is 0 Å². The van der Waals surface area contributed by atoms with E-state index in [1.807, 2.05) is 48.1 Å². The Labute approximate surface area is 118 Å². The van der Waals surface area contributed by atoms with E-state index in [9.17, 15) is 4.79 Å². The summed E-state index contributed by atoms with van der Waals surface area (Å²) in [6.07, 6.45) is 4.80. The molecule has 1 atom stereocenters. The smallest absolute Gasteiger partial charge is 0.225 e. The van der Waals surface area contributed by atoms with Gasteiger partial charge in [-0.2, -0.15) is 5.10 Å². The highest BCUT2D eigenvalue weighted by molar-refractivity contribution is 5.91. The molecule has 1 unspecified atom stereocenters. The molecule has 2 rings (SSSR count). The molecule has 0 aliphatic rings. The lowest BCUT2D eigenvalue weighted by Gasteiger charge is -2.10. The lowest BCUT2D eigenvalue weighted by molar-refractivity contribution is -0.116. The molecule has 0 fully saturated rings. The molecule has 0 radical (unpaired) electrons. The SMILES string of the molecule is CCC(N)CC(=O)Nc1cccc(Cn2cccn2)c1. The number of hydrogen-bond donors (Lipinski definition) is 2. The van der Waals surface area contributed by atoms with Crippen molar-refractivity contribution in [2.45, 2.75) is 32.4 Å². The highest BCUT2D eigenvalue weighted by Crippen LogP contribution is 2.12. The number of rotatable bonds is 6. The van der Waals surface area contributed by atoms with Crippen LogP contribution in [0.3, 0.4) is 0 Å². The van der Waals surface area contributed by atoms with E-state index in [1.165, 1.54) is 0 Å². The normalized spacial score (nSPS) is 12.1. The van der Waals surface area contributed by atoms with Crippen molar-refractivity contribution >= 4 is 11.6 Å². The quantitative estimate of drug-likeness (QED) is 0.844. The Morgan fingerprint density at radius 1 is 1.45 bits per heavy atom. The molecule has 1 heterocycles. The molecule has 0 aliphatic heterocycles. The zero-order chi connectivity index (χ0) is 14.4. The van der Waals surface area contributed by atoms with E-state index in [0.29, 0.717) is 13.0 Å². The van der Waals surface area contributed by atoms with Crippen molar-refractivity contribution in [3.05, 3.63) is 48.3 Å². The standard InChI is InChI=1S/C15H20N4O/c1-2-13(16)10-15(20)18-14-6-3-5-12(9-14)11-19-8-4-7-17-19/h3-9,13H,2,10-11,16H2,1H3,(H,18,20). The Bertz CT molecular complexity index is 551. The Morgan fingerprint density at radius 3 is 3.00 bits per heavy atom. The summed E-state index contributed by atoms with van der Waals surface area (Å²) in [5.41, 5.74) is 7.66. The van der Waals surface area contributed by atoms with E-state index in [0.717, 1.165) is 17.7 Å². The molecule has 1 aromatic heterocycles. The fourth-order valence-electron chi connectivity index (χ4n) is 1.92. The van der Waals surface area contributed by atoms with Crippen molar-refractivity contribution in [1.82, 2.24) is 9.78 Å². The third kappa shape index (κ3) is 4.20. The van der Waals surface area contributed by atoms with Crippen LogP contribution in [0.1, 0.15) is 25.3 Å². The predicted octanol–water partition coefficient (Wildman–Crippen LogP) is 2.00. The summed E-state index contributed by atoms with van der Waals surface area (Å²) in [4.78, 5) is 11.8. The monoisotopic (exact) mass is 272 g/mol. The minimum absolute atomic E-state index is 0.0458. The van der Waals surface area contributed by atoms with E-state index in [2.05, 4.69) is 10.4 Å². The summed E-state index contributed by atoms with van der Waals surface area (Å²) >= 11 is 0. The predicted molar refractivity (Wildman–Crippen MR) is 79.3 cm³/mol. The second-order valence-corrected chi connectivity index (χ2v) is 4.82. The van der Waals surface area contributed by atoms with Crippen LogP contribution in [0.25, 0.3) is 0 Å². The van der Waals surface area contributed by atoms with Gasteiger partial charge in [0.05, 0.1) is 6.54 Å². The molecular formula is C15H20N4O. The van der Waals surface area contributed by atoms with Crippen LogP contribution in [0.2, 0.25) is 0 Å². The van der Waals surface area contributed by atoms with Gasteiger partial charge in [-0.25, -0.2) is 0 Å². The van der Waals surface area contributed by atoms with Crippen molar-refractivity contribution in [3.63, 3.8) is 0 Å². The maximum absolute atomic E-state index is 11.8. The number of anilines is 1. The van der Waals surface area contributed by atoms with Gasteiger partial charge in [-0.3, -0.25) is 9.48 Å². The summed E-state index contributed by atoms with van der Waals surface area (Å²) in [7, 11) is 0. The number of carbonyl (C=O) groups is 1. The van der Waals surface area contributed by atoms with Crippen LogP contribution in [0.15, 0.2) is 42.7 Å². The second-order valence-electron chi connectivity index (χ2n) is 4.82. The van der Waals surface area contributed by atoms with E-state index in [-0.39, 0.29) is 11.9 Å². The molecular weight excluding hydrogens is 252 g/mol. The Kier molecular flexibility index (Phi) is 4.90. The zero-order valence-corrected chi connectivity index (χ0v) is 11.6. The van der Waals surface area contributed by atoms with Crippen molar-refractivity contribution in [3.8, 4) is 0 Å². The minimum Gasteiger partial charge on any atom is -0.327 e. The van der Waals surface area contributed by atoms with Gasteiger partial charge in [-0.1, -0.05) is 19.1 Å². The fourth-order valence-corrected chi connectivity index (χ4v) is 1.92. The van der Waals surface area contributed by atoms with Crippen molar-refractivity contribution in [2.24, 2.45) is 5.73 Å². The number of carbonyl (C=O) groups excluding carboxylic acids is 1. The molecule has 0 saturated carbocycles. The summed E-state index contributed by atoms with van der Waals surface area (Å²) in [6.45, 7) is 2.66. The third-order valence-corrected chi connectivity index (χ3v) is 3.09. The van der Waals surface area contributed by atoms with Gasteiger partial charge in [-0.15, -0.1) is 0 Å². The van der Waals surface area contributed by atoms with Crippen LogP contribution in [0.4, 0.5) is 5.69 Å². The molecule has 2 aromatic rings. The third-order valence-electron chi connectivity index (χ3n) is 3.09. The van der Waals surface area contributed by atoms with Crippen LogP contribution in [0.5, 0.6) is 0 Å². The first kappa shape index (κ1) is 14.3. The number of benzene rings is 1. The van der Waals surface area contributed by atoms with Crippen molar-refractivity contribution in [1.29, 1.82) is 0 Å². The van der Waals surface area contributed by atoms with Gasteiger partial charge in [0.15, 0.2) is 0 Å². The maximum atomic E-state index is 11.8. The van der Waals surface area contributed by atoms with Crippen LogP contribution < -0.4 is 11.1 Å². The average molecular weight is 272 g/mol. The van der Waals surface area contributed by atoms with Crippen LogP contribution in [-0.4, -0.2) is 21.7 Å². The molecule has 1 aromatic carbocycles. The number of nitrogens with one attached hydrogen (secondary N) is 1. The van der Waals surface area contributed by atoms with E-state index >= 15 is 0 Å². The molecule has 5 heteroatoms. The van der Waals surface area contributed by atoms with Crippen LogP contribution in [-0.2, 0) is 11.3 Å². The Hall–Kier alpha value is -2.14. The molecule has 0 spiro atoms. The van der Waals surface area contributed by atoms with Crippen LogP contribution in [0, 0.1) is 0 Å². The van der Waals surface area contributed by atoms with E-state index in [4.69, 9.17) is 5.73 Å². The van der Waals surface area contributed by atoms with Gasteiger partial charge in [-0.05, 0) is 30.2 Å². The first-order chi connectivity index (χ1) is 9.67. The topological polar surface area (TPSA) is 72.9 Å². The number of amides is 1. The molecule has 0 saturated heterocycles. The Morgan fingerprint density at radius 2 is 2.30 bits per heavy atom. The minimum atomic E-state index is -0.0812. The summed E-state index contributed by atoms with van der Waals surface area (Å²) < 4.78 is 1.84. The zero-order valence-electron chi connectivity index (χ0n) is 11.6. The number of aromatic nitrogens is 2. The van der Waals surface area contributed by atoms with Gasteiger partial charge in [0.2, 0.25) is 5.91 Å². The number of nitrogens with two attached hydrogens (primary N) is 1. The molecule has 0 aliphatic carbocycles. The highest BCUT2D eigenvalue weighted by Gasteiger charge is 2.08. The first-order valence-corrected chi connectivity index (χ1v) is 6.79. The van der Waals surface area contributed by atoms with E-state index in [1.54, 1.807) is 6.20 Å². The molecule has 3 N–H and O–H groups in total. The number of nitrogens with zero attached hydrogens (tertiary/aromatic N) is 2. The van der Waals surface area contributed by atoms with E-state index < -0.39 is 0 Å². The van der Waals surface area contributed by atoms with Gasteiger partial charge in [0.1, 0.15) is 0 Å². The lowest BCUT2D eigenvalue weighted by atomic mass is 10.1.